The summed E-state index contributed by atoms with van der Waals surface area (Å²) in [5, 5.41) is 6.89. The number of hydrogen-bond acceptors (Lipinski definition) is 5. The summed E-state index contributed by atoms with van der Waals surface area (Å²) >= 11 is 11.3. The van der Waals surface area contributed by atoms with Crippen molar-refractivity contribution < 1.29 is 19.0 Å². The SMILES string of the molecule is CCOC(=O)CCCNC(=S)Nc1cc(OC)c(Cl)cc1OC. The van der Waals surface area contributed by atoms with Crippen LogP contribution < -0.4 is 20.1 Å². The predicted molar refractivity (Wildman–Crippen MR) is 94.6 cm³/mol. The molecule has 0 saturated heterocycles. The number of carbonyl (C=O) groups is 1. The Morgan fingerprint density at radius 1 is 1.26 bits per heavy atom. The molecule has 0 fully saturated rings. The van der Waals surface area contributed by atoms with E-state index in [4.69, 9.17) is 38.0 Å². The monoisotopic (exact) mass is 360 g/mol. The van der Waals surface area contributed by atoms with Crippen molar-refractivity contribution in [3.05, 3.63) is 17.2 Å². The molecule has 0 bridgehead atoms. The summed E-state index contributed by atoms with van der Waals surface area (Å²) in [7, 11) is 3.07. The zero-order chi connectivity index (χ0) is 17.2. The number of ether oxygens (including phenoxy) is 3. The molecular weight excluding hydrogens is 340 g/mol. The van der Waals surface area contributed by atoms with Crippen molar-refractivity contribution in [1.82, 2.24) is 5.32 Å². The lowest BCUT2D eigenvalue weighted by Gasteiger charge is -2.15. The van der Waals surface area contributed by atoms with E-state index in [2.05, 4.69) is 10.6 Å². The lowest BCUT2D eigenvalue weighted by atomic mass is 10.2. The van der Waals surface area contributed by atoms with Crippen molar-refractivity contribution in [2.75, 3.05) is 32.7 Å². The fraction of sp³-hybridized carbons (Fsp3) is 0.467. The number of carbonyl (C=O) groups excluding carboxylic acids is 1. The Balaban J connectivity index is 2.52. The average Bonchev–Trinajstić information content (AvgIpc) is 2.53. The molecule has 8 heteroatoms. The summed E-state index contributed by atoms with van der Waals surface area (Å²) < 4.78 is 15.3. The van der Waals surface area contributed by atoms with Gasteiger partial charge in [0.2, 0.25) is 0 Å². The van der Waals surface area contributed by atoms with Crippen molar-refractivity contribution in [3.63, 3.8) is 0 Å². The van der Waals surface area contributed by atoms with Crippen LogP contribution in [0.4, 0.5) is 5.69 Å². The number of methoxy groups -OCH3 is 2. The molecule has 2 N–H and O–H groups in total. The van der Waals surface area contributed by atoms with Gasteiger partial charge < -0.3 is 24.8 Å². The molecule has 1 aromatic carbocycles. The largest absolute Gasteiger partial charge is 0.495 e. The first kappa shape index (κ1) is 19.3. The molecule has 0 spiro atoms. The summed E-state index contributed by atoms with van der Waals surface area (Å²) in [4.78, 5) is 11.2. The Bertz CT molecular complexity index is 555. The highest BCUT2D eigenvalue weighted by molar-refractivity contribution is 7.80. The number of thiocarbonyl (C=S) groups is 1. The zero-order valence-corrected chi connectivity index (χ0v) is 15.0. The molecule has 128 valence electrons. The van der Waals surface area contributed by atoms with E-state index in [9.17, 15) is 4.79 Å². The van der Waals surface area contributed by atoms with Crippen LogP contribution in [0.5, 0.6) is 11.5 Å². The lowest BCUT2D eigenvalue weighted by molar-refractivity contribution is -0.143. The van der Waals surface area contributed by atoms with Gasteiger partial charge in [-0.2, -0.15) is 0 Å². The van der Waals surface area contributed by atoms with Gasteiger partial charge in [-0.1, -0.05) is 11.6 Å². The highest BCUT2D eigenvalue weighted by Crippen LogP contribution is 2.35. The molecule has 0 saturated carbocycles. The summed E-state index contributed by atoms with van der Waals surface area (Å²) in [6.07, 6.45) is 0.975. The molecule has 0 amide bonds. The summed E-state index contributed by atoms with van der Waals surface area (Å²) in [6, 6.07) is 3.35. The molecule has 0 radical (unpaired) electrons. The van der Waals surface area contributed by atoms with Gasteiger partial charge in [0.15, 0.2) is 5.11 Å². The third-order valence-corrected chi connectivity index (χ3v) is 3.41. The standard InChI is InChI=1S/C15H21ClN2O4S/c1-4-22-14(19)6-5-7-17-15(23)18-11-9-12(20-2)10(16)8-13(11)21-3/h8-9H,4-7H2,1-3H3,(H2,17,18,23). The number of halogens is 1. The van der Waals surface area contributed by atoms with Gasteiger partial charge in [0.05, 0.1) is 31.5 Å². The van der Waals surface area contributed by atoms with Gasteiger partial charge in [-0.25, -0.2) is 0 Å². The van der Waals surface area contributed by atoms with Crippen LogP contribution in [-0.2, 0) is 9.53 Å². The van der Waals surface area contributed by atoms with Gasteiger partial charge in [-0.05, 0) is 25.6 Å². The van der Waals surface area contributed by atoms with Crippen LogP contribution in [0.3, 0.4) is 0 Å². The van der Waals surface area contributed by atoms with Crippen LogP contribution in [0, 0.1) is 0 Å². The first-order valence-corrected chi connectivity index (χ1v) is 7.92. The van der Waals surface area contributed by atoms with E-state index >= 15 is 0 Å². The Morgan fingerprint density at radius 3 is 2.57 bits per heavy atom. The Morgan fingerprint density at radius 2 is 1.96 bits per heavy atom. The molecule has 1 rings (SSSR count). The fourth-order valence-corrected chi connectivity index (χ4v) is 2.24. The van der Waals surface area contributed by atoms with E-state index < -0.39 is 0 Å². The molecule has 6 nitrogen and oxygen atoms in total. The number of rotatable bonds is 8. The second-order valence-corrected chi connectivity index (χ2v) is 5.29. The molecule has 0 aliphatic rings. The average molecular weight is 361 g/mol. The number of esters is 1. The first-order chi connectivity index (χ1) is 11.0. The van der Waals surface area contributed by atoms with Crippen molar-refractivity contribution in [1.29, 1.82) is 0 Å². The summed E-state index contributed by atoms with van der Waals surface area (Å²) in [6.45, 7) is 2.73. The Kier molecular flexibility index (Phi) is 8.50. The fourth-order valence-electron chi connectivity index (χ4n) is 1.79. The zero-order valence-electron chi connectivity index (χ0n) is 13.4. The van der Waals surface area contributed by atoms with Gasteiger partial charge in [0, 0.05) is 25.1 Å². The van der Waals surface area contributed by atoms with Gasteiger partial charge in [0.25, 0.3) is 0 Å². The predicted octanol–water partition coefficient (Wildman–Crippen LogP) is 2.99. The van der Waals surface area contributed by atoms with E-state index in [-0.39, 0.29) is 5.97 Å². The van der Waals surface area contributed by atoms with Crippen LogP contribution in [0.25, 0.3) is 0 Å². The Hall–Kier alpha value is -1.73. The van der Waals surface area contributed by atoms with Gasteiger partial charge in [0.1, 0.15) is 11.5 Å². The smallest absolute Gasteiger partial charge is 0.305 e. The van der Waals surface area contributed by atoms with Crippen LogP contribution in [0.1, 0.15) is 19.8 Å². The molecule has 0 aromatic heterocycles. The molecule has 0 aliphatic carbocycles. The van der Waals surface area contributed by atoms with E-state index in [1.165, 1.54) is 7.11 Å². The molecular formula is C15H21ClN2O4S. The molecule has 1 aromatic rings. The minimum atomic E-state index is -0.211. The van der Waals surface area contributed by atoms with Gasteiger partial charge >= 0.3 is 5.97 Å². The minimum absolute atomic E-state index is 0.211. The topological polar surface area (TPSA) is 68.8 Å². The number of nitrogens with one attached hydrogen (secondary N) is 2. The maximum atomic E-state index is 11.2. The molecule has 0 atom stereocenters. The number of hydrogen-bond donors (Lipinski definition) is 2. The molecule has 0 aliphatic heterocycles. The minimum Gasteiger partial charge on any atom is -0.495 e. The van der Waals surface area contributed by atoms with Gasteiger partial charge in [-0.3, -0.25) is 4.79 Å². The highest BCUT2D eigenvalue weighted by atomic mass is 35.5. The maximum Gasteiger partial charge on any atom is 0.305 e. The third kappa shape index (κ3) is 6.50. The highest BCUT2D eigenvalue weighted by Gasteiger charge is 2.11. The molecule has 23 heavy (non-hydrogen) atoms. The quantitative estimate of drug-likeness (QED) is 0.419. The van der Waals surface area contributed by atoms with E-state index in [0.29, 0.717) is 53.3 Å². The van der Waals surface area contributed by atoms with E-state index in [1.54, 1.807) is 26.2 Å². The lowest BCUT2D eigenvalue weighted by Crippen LogP contribution is -2.29. The third-order valence-electron chi connectivity index (χ3n) is 2.87. The number of anilines is 1. The van der Waals surface area contributed by atoms with Crippen molar-refractivity contribution in [2.24, 2.45) is 0 Å². The van der Waals surface area contributed by atoms with Crippen LogP contribution in [0.2, 0.25) is 5.02 Å². The van der Waals surface area contributed by atoms with Crippen LogP contribution >= 0.6 is 23.8 Å². The second-order valence-electron chi connectivity index (χ2n) is 4.48. The Labute approximate surface area is 146 Å². The maximum absolute atomic E-state index is 11.2. The van der Waals surface area contributed by atoms with E-state index in [1.807, 2.05) is 0 Å². The second kappa shape index (κ2) is 10.1. The number of benzene rings is 1. The van der Waals surface area contributed by atoms with Crippen LogP contribution in [-0.4, -0.2) is 38.5 Å². The molecule has 0 unspecified atom stereocenters. The normalized spacial score (nSPS) is 9.91. The van der Waals surface area contributed by atoms with Gasteiger partial charge in [-0.15, -0.1) is 0 Å². The molecule has 0 heterocycles. The van der Waals surface area contributed by atoms with Crippen LogP contribution in [0.15, 0.2) is 12.1 Å². The van der Waals surface area contributed by atoms with Crippen molar-refractivity contribution >= 4 is 40.6 Å². The van der Waals surface area contributed by atoms with Crippen molar-refractivity contribution in [3.8, 4) is 11.5 Å². The summed E-state index contributed by atoms with van der Waals surface area (Å²) in [5.74, 6) is 0.851. The van der Waals surface area contributed by atoms with E-state index in [0.717, 1.165) is 0 Å². The first-order valence-electron chi connectivity index (χ1n) is 7.13. The van der Waals surface area contributed by atoms with Crippen molar-refractivity contribution in [2.45, 2.75) is 19.8 Å². The summed E-state index contributed by atoms with van der Waals surface area (Å²) in [5.41, 5.74) is 0.636.